The quantitative estimate of drug-likeness (QED) is 0.312. The van der Waals surface area contributed by atoms with Crippen molar-refractivity contribution in [1.82, 2.24) is 0 Å². The van der Waals surface area contributed by atoms with Crippen LogP contribution in [-0.4, -0.2) is 0 Å². The molecule has 2 aliphatic rings. The van der Waals surface area contributed by atoms with Crippen molar-refractivity contribution < 1.29 is 18.2 Å². The molecule has 0 bridgehead atoms. The van der Waals surface area contributed by atoms with E-state index >= 15 is 0 Å². The maximum Gasteiger partial charge on any atom is 0.313 e. The molecule has 0 fully saturated rings. The summed E-state index contributed by atoms with van der Waals surface area (Å²) >= 11 is 0. The van der Waals surface area contributed by atoms with Crippen LogP contribution >= 0.6 is 14.7 Å². The molecule has 0 saturated carbocycles. The Hall–Kier alpha value is -3.32. The molecular formula is C26H18O4P2. The topological polar surface area (TPSA) is 52.6 Å². The van der Waals surface area contributed by atoms with Crippen molar-refractivity contribution in [3.63, 3.8) is 0 Å². The Bertz CT molecular complexity index is 1410. The van der Waals surface area contributed by atoms with Gasteiger partial charge in [-0.05, 0) is 35.4 Å². The molecule has 2 unspecified atom stereocenters. The van der Waals surface area contributed by atoms with Crippen LogP contribution < -0.4 is 19.7 Å². The summed E-state index contributed by atoms with van der Waals surface area (Å²) in [6, 6.07) is 29.5. The Labute approximate surface area is 186 Å². The minimum Gasteiger partial charge on any atom is -0.436 e. The van der Waals surface area contributed by atoms with Gasteiger partial charge in [0.15, 0.2) is 0 Å². The monoisotopic (exact) mass is 456 g/mol. The normalized spacial score (nSPS) is 22.2. The van der Waals surface area contributed by atoms with Gasteiger partial charge in [-0.15, -0.1) is 0 Å². The lowest BCUT2D eigenvalue weighted by atomic mass is 10.0. The molecule has 32 heavy (non-hydrogen) atoms. The zero-order valence-electron chi connectivity index (χ0n) is 17.0. The van der Waals surface area contributed by atoms with E-state index < -0.39 is 14.7 Å². The SMILES string of the molecule is C=C(P1(=O)Oc2ccccc2-c2ccccc21)P1(=O)Oc2ccccc2-c2ccccc21. The molecule has 156 valence electrons. The number of para-hydroxylation sites is 2. The van der Waals surface area contributed by atoms with E-state index in [0.29, 0.717) is 22.1 Å². The van der Waals surface area contributed by atoms with Crippen LogP contribution in [0.15, 0.2) is 109 Å². The highest BCUT2D eigenvalue weighted by Crippen LogP contribution is 2.74. The summed E-state index contributed by atoms with van der Waals surface area (Å²) < 4.78 is 41.4. The van der Waals surface area contributed by atoms with Crippen LogP contribution in [0.1, 0.15) is 0 Å². The maximum atomic E-state index is 14.6. The lowest BCUT2D eigenvalue weighted by Gasteiger charge is -2.35. The number of hydrogen-bond donors (Lipinski definition) is 0. The molecular weight excluding hydrogens is 438 g/mol. The maximum absolute atomic E-state index is 14.6. The summed E-state index contributed by atoms with van der Waals surface area (Å²) in [7, 11) is -7.62. The summed E-state index contributed by atoms with van der Waals surface area (Å²) in [6.45, 7) is 4.11. The third-order valence-electron chi connectivity index (χ3n) is 5.93. The molecule has 0 amide bonds. The summed E-state index contributed by atoms with van der Waals surface area (Å²) in [4.78, 5) is 0. The van der Waals surface area contributed by atoms with Crippen molar-refractivity contribution >= 4 is 25.3 Å². The van der Waals surface area contributed by atoms with E-state index in [1.54, 1.807) is 36.4 Å². The fourth-order valence-corrected chi connectivity index (χ4v) is 10.1. The molecule has 0 N–H and O–H groups in total. The van der Waals surface area contributed by atoms with E-state index in [1.165, 1.54) is 0 Å². The number of rotatable bonds is 2. The van der Waals surface area contributed by atoms with Crippen LogP contribution in [0.2, 0.25) is 0 Å². The minimum absolute atomic E-state index is 0.0195. The summed E-state index contributed by atoms with van der Waals surface area (Å²) in [5, 5.41) is 0.951. The molecule has 2 aliphatic heterocycles. The molecule has 4 aromatic carbocycles. The third kappa shape index (κ3) is 2.57. The van der Waals surface area contributed by atoms with Crippen LogP contribution in [0, 0.1) is 0 Å². The molecule has 4 aromatic rings. The zero-order chi connectivity index (χ0) is 21.9. The second kappa shape index (κ2) is 6.84. The highest BCUT2D eigenvalue weighted by Gasteiger charge is 2.50. The van der Waals surface area contributed by atoms with Gasteiger partial charge >= 0.3 is 14.7 Å². The van der Waals surface area contributed by atoms with Gasteiger partial charge in [0.1, 0.15) is 16.6 Å². The molecule has 0 radical (unpaired) electrons. The smallest absolute Gasteiger partial charge is 0.313 e. The molecule has 0 spiro atoms. The van der Waals surface area contributed by atoms with E-state index in [-0.39, 0.29) is 5.06 Å². The standard InChI is InChI=1S/C26H18O4P2/c1-18(31(27)25-16-8-4-12-21(25)19-10-2-6-14-23(19)29-31)32(28)26-17-9-5-13-22(26)20-11-3-7-15-24(20)30-32/h2-17H,1H2. The Morgan fingerprint density at radius 2 is 0.875 bits per heavy atom. The highest BCUT2D eigenvalue weighted by atomic mass is 31.2. The van der Waals surface area contributed by atoms with Crippen LogP contribution in [-0.2, 0) is 9.13 Å². The van der Waals surface area contributed by atoms with Gasteiger partial charge in [0, 0.05) is 11.1 Å². The Kier molecular flexibility index (Phi) is 4.14. The van der Waals surface area contributed by atoms with Crippen LogP contribution in [0.4, 0.5) is 0 Å². The van der Waals surface area contributed by atoms with Gasteiger partial charge in [-0.2, -0.15) is 0 Å². The molecule has 6 rings (SSSR count). The summed E-state index contributed by atoms with van der Waals surface area (Å²) in [6.07, 6.45) is 0. The number of benzene rings is 4. The molecule has 0 aliphatic carbocycles. The van der Waals surface area contributed by atoms with Gasteiger partial charge in [0.25, 0.3) is 0 Å². The van der Waals surface area contributed by atoms with E-state index in [4.69, 9.17) is 9.05 Å². The van der Waals surface area contributed by atoms with Crippen molar-refractivity contribution in [3.05, 3.63) is 109 Å². The Morgan fingerprint density at radius 3 is 1.31 bits per heavy atom. The van der Waals surface area contributed by atoms with Gasteiger partial charge in [-0.3, -0.25) is 9.13 Å². The first-order chi connectivity index (χ1) is 15.5. The average Bonchev–Trinajstić information content (AvgIpc) is 2.84. The molecule has 0 aromatic heterocycles. The minimum atomic E-state index is -3.81. The van der Waals surface area contributed by atoms with Crippen molar-refractivity contribution in [3.8, 4) is 33.8 Å². The van der Waals surface area contributed by atoms with Gasteiger partial charge in [-0.25, -0.2) is 0 Å². The first-order valence-electron chi connectivity index (χ1n) is 10.2. The first kappa shape index (κ1) is 19.4. The molecule has 6 heteroatoms. The van der Waals surface area contributed by atoms with Crippen LogP contribution in [0.3, 0.4) is 0 Å². The second-order valence-electron chi connectivity index (χ2n) is 7.73. The zero-order valence-corrected chi connectivity index (χ0v) is 18.8. The summed E-state index contributed by atoms with van der Waals surface area (Å²) in [5.41, 5.74) is 3.26. The Balaban J connectivity index is 1.58. The number of fused-ring (bicyclic) bond motifs is 6. The van der Waals surface area contributed by atoms with E-state index in [2.05, 4.69) is 6.58 Å². The molecule has 4 nitrogen and oxygen atoms in total. The van der Waals surface area contributed by atoms with Crippen molar-refractivity contribution in [2.75, 3.05) is 0 Å². The fraction of sp³-hybridized carbons (Fsp3) is 0. The van der Waals surface area contributed by atoms with Gasteiger partial charge in [0.05, 0.1) is 10.6 Å². The first-order valence-corrected chi connectivity index (χ1v) is 13.4. The van der Waals surface area contributed by atoms with Crippen molar-refractivity contribution in [2.24, 2.45) is 0 Å². The second-order valence-corrected chi connectivity index (χ2v) is 12.7. The van der Waals surface area contributed by atoms with E-state index in [9.17, 15) is 9.13 Å². The van der Waals surface area contributed by atoms with Gasteiger partial charge in [0.2, 0.25) is 0 Å². The predicted molar refractivity (Wildman–Crippen MR) is 129 cm³/mol. The predicted octanol–water partition coefficient (Wildman–Crippen LogP) is 6.78. The lowest BCUT2D eigenvalue weighted by molar-refractivity contribution is 0.488. The van der Waals surface area contributed by atoms with Gasteiger partial charge < -0.3 is 9.05 Å². The Morgan fingerprint density at radius 1 is 0.531 bits per heavy atom. The van der Waals surface area contributed by atoms with Crippen LogP contribution in [0.25, 0.3) is 22.3 Å². The fourth-order valence-electron chi connectivity index (χ4n) is 4.39. The van der Waals surface area contributed by atoms with Crippen molar-refractivity contribution in [2.45, 2.75) is 0 Å². The van der Waals surface area contributed by atoms with E-state index in [0.717, 1.165) is 22.3 Å². The summed E-state index contributed by atoms with van der Waals surface area (Å²) in [5.74, 6) is 0.959. The van der Waals surface area contributed by atoms with Gasteiger partial charge in [-0.1, -0.05) is 79.4 Å². The number of hydrogen-bond acceptors (Lipinski definition) is 4. The molecule has 0 saturated heterocycles. The lowest BCUT2D eigenvalue weighted by Crippen LogP contribution is -2.24. The van der Waals surface area contributed by atoms with Crippen molar-refractivity contribution in [1.29, 1.82) is 0 Å². The van der Waals surface area contributed by atoms with E-state index in [1.807, 2.05) is 60.7 Å². The molecule has 2 atom stereocenters. The highest BCUT2D eigenvalue weighted by molar-refractivity contribution is 7.90. The largest absolute Gasteiger partial charge is 0.436 e. The third-order valence-corrected chi connectivity index (χ3v) is 11.8. The molecule has 2 heterocycles. The average molecular weight is 456 g/mol. The van der Waals surface area contributed by atoms with Crippen LogP contribution in [0.5, 0.6) is 11.5 Å².